The lowest BCUT2D eigenvalue weighted by atomic mass is 10.1. The van der Waals surface area contributed by atoms with Gasteiger partial charge in [-0.1, -0.05) is 77.7 Å². The quantitative estimate of drug-likeness (QED) is 0.177. The van der Waals surface area contributed by atoms with Crippen molar-refractivity contribution in [2.24, 2.45) is 11.8 Å². The van der Waals surface area contributed by atoms with Gasteiger partial charge in [-0.3, -0.25) is 4.79 Å². The molecule has 0 heterocycles. The molecule has 2 atom stereocenters. The number of hydrogen-bond donors (Lipinski definition) is 0. The van der Waals surface area contributed by atoms with Gasteiger partial charge in [-0.05, 0) is 50.9 Å². The smallest absolute Gasteiger partial charge is 0.306 e. The molecule has 0 rings (SSSR count). The van der Waals surface area contributed by atoms with Gasteiger partial charge in [0.15, 0.2) is 0 Å². The Balaban J connectivity index is 3.44. The van der Waals surface area contributed by atoms with Gasteiger partial charge in [-0.2, -0.15) is 0 Å². The molecule has 0 saturated heterocycles. The summed E-state index contributed by atoms with van der Waals surface area (Å²) in [6, 6.07) is 0. The van der Waals surface area contributed by atoms with Crippen LogP contribution in [0.15, 0.2) is 24.3 Å². The second kappa shape index (κ2) is 16.4. The number of hydrogen-bond acceptors (Lipinski definition) is 2. The summed E-state index contributed by atoms with van der Waals surface area (Å²) in [5.41, 5.74) is 0. The molecule has 0 fully saturated rings. The first-order chi connectivity index (χ1) is 12.0. The third kappa shape index (κ3) is 16.2. The Labute approximate surface area is 157 Å². The van der Waals surface area contributed by atoms with Gasteiger partial charge in [0, 0.05) is 6.42 Å². The molecule has 146 valence electrons. The van der Waals surface area contributed by atoms with Gasteiger partial charge in [0.1, 0.15) is 6.10 Å². The predicted molar refractivity (Wildman–Crippen MR) is 110 cm³/mol. The maximum absolute atomic E-state index is 11.7. The number of carbonyl (C=O) groups excluding carboxylic acids is 1. The van der Waals surface area contributed by atoms with Crippen LogP contribution < -0.4 is 0 Å². The molecule has 0 aromatic rings. The zero-order chi connectivity index (χ0) is 18.9. The monoisotopic (exact) mass is 350 g/mol. The van der Waals surface area contributed by atoms with Crippen molar-refractivity contribution < 1.29 is 9.53 Å². The van der Waals surface area contributed by atoms with Crippen LogP contribution >= 0.6 is 0 Å². The second-order valence-corrected chi connectivity index (χ2v) is 7.65. The molecule has 0 aliphatic heterocycles. The van der Waals surface area contributed by atoms with Gasteiger partial charge in [0.2, 0.25) is 0 Å². The Morgan fingerprint density at radius 2 is 1.60 bits per heavy atom. The molecule has 2 unspecified atom stereocenters. The molecule has 0 N–H and O–H groups in total. The lowest BCUT2D eigenvalue weighted by Crippen LogP contribution is -2.19. The van der Waals surface area contributed by atoms with E-state index in [1.807, 2.05) is 6.92 Å². The van der Waals surface area contributed by atoms with E-state index in [4.69, 9.17) is 4.74 Å². The Morgan fingerprint density at radius 1 is 0.920 bits per heavy atom. The highest BCUT2D eigenvalue weighted by atomic mass is 16.5. The largest absolute Gasteiger partial charge is 0.462 e. The van der Waals surface area contributed by atoms with Crippen LogP contribution in [0.3, 0.4) is 0 Å². The van der Waals surface area contributed by atoms with Gasteiger partial charge in [0.25, 0.3) is 0 Å². The van der Waals surface area contributed by atoms with E-state index in [9.17, 15) is 4.79 Å². The second-order valence-electron chi connectivity index (χ2n) is 7.65. The molecule has 2 nitrogen and oxygen atoms in total. The lowest BCUT2D eigenvalue weighted by molar-refractivity contribution is -0.150. The maximum Gasteiger partial charge on any atom is 0.306 e. The fourth-order valence-corrected chi connectivity index (χ4v) is 2.62. The van der Waals surface area contributed by atoms with E-state index in [0.29, 0.717) is 18.3 Å². The van der Waals surface area contributed by atoms with Crippen molar-refractivity contribution in [3.63, 3.8) is 0 Å². The van der Waals surface area contributed by atoms with Gasteiger partial charge in [-0.25, -0.2) is 0 Å². The summed E-state index contributed by atoms with van der Waals surface area (Å²) in [6.45, 7) is 10.7. The number of carbonyl (C=O) groups is 1. The summed E-state index contributed by atoms with van der Waals surface area (Å²) < 4.78 is 5.38. The summed E-state index contributed by atoms with van der Waals surface area (Å²) in [4.78, 5) is 11.7. The molecule has 0 amide bonds. The summed E-state index contributed by atoms with van der Waals surface area (Å²) >= 11 is 0. The van der Waals surface area contributed by atoms with E-state index in [0.717, 1.165) is 19.3 Å². The highest BCUT2D eigenvalue weighted by molar-refractivity contribution is 5.69. The van der Waals surface area contributed by atoms with E-state index < -0.39 is 0 Å². The van der Waals surface area contributed by atoms with Crippen LogP contribution in [0.25, 0.3) is 0 Å². The molecule has 0 radical (unpaired) electrons. The van der Waals surface area contributed by atoms with E-state index >= 15 is 0 Å². The van der Waals surface area contributed by atoms with E-state index in [1.165, 1.54) is 38.5 Å². The average molecular weight is 351 g/mol. The van der Waals surface area contributed by atoms with Crippen LogP contribution in [0.2, 0.25) is 0 Å². The van der Waals surface area contributed by atoms with Gasteiger partial charge >= 0.3 is 5.97 Å². The number of ether oxygens (including phenoxy) is 1. The standard InChI is InChI=1S/C23H42O2/c1-6-17-21(4)18-15-13-11-9-7-8-10-12-14-16-19-23(24)25-22(5)20(2)3/h9,11,15,18,20-22H,6-8,10,12-14,16-17,19H2,1-5H3/b11-9-,18-15-. The Hall–Kier alpha value is -1.05. The molecule has 0 aromatic carbocycles. The number of unbranched alkanes of at least 4 members (excludes halogenated alkanes) is 5. The molecular formula is C23H42O2. The van der Waals surface area contributed by atoms with Crippen LogP contribution in [0.1, 0.15) is 98.8 Å². The van der Waals surface area contributed by atoms with Crippen molar-refractivity contribution in [2.75, 3.05) is 0 Å². The third-order valence-electron chi connectivity index (χ3n) is 4.66. The molecule has 2 heteroatoms. The van der Waals surface area contributed by atoms with E-state index in [-0.39, 0.29) is 12.1 Å². The first-order valence-corrected chi connectivity index (χ1v) is 10.5. The fourth-order valence-electron chi connectivity index (χ4n) is 2.62. The van der Waals surface area contributed by atoms with Crippen LogP contribution in [0.5, 0.6) is 0 Å². The van der Waals surface area contributed by atoms with Gasteiger partial charge in [0.05, 0.1) is 0 Å². The minimum Gasteiger partial charge on any atom is -0.462 e. The normalized spacial score (nSPS) is 14.5. The Kier molecular flexibility index (Phi) is 15.7. The summed E-state index contributed by atoms with van der Waals surface area (Å²) in [5, 5.41) is 0. The molecule has 0 aliphatic rings. The summed E-state index contributed by atoms with van der Waals surface area (Å²) in [6.07, 6.45) is 20.4. The highest BCUT2D eigenvalue weighted by Gasteiger charge is 2.12. The Bertz CT molecular complexity index is 368. The van der Waals surface area contributed by atoms with Gasteiger partial charge in [-0.15, -0.1) is 0 Å². The minimum atomic E-state index is -0.0366. The average Bonchev–Trinajstić information content (AvgIpc) is 2.55. The van der Waals surface area contributed by atoms with Crippen molar-refractivity contribution in [1.82, 2.24) is 0 Å². The zero-order valence-electron chi connectivity index (χ0n) is 17.4. The SMILES string of the molecule is CCCC(C)/C=C\C/C=C\CCCCCCCC(=O)OC(C)C(C)C. The molecule has 0 aromatic heterocycles. The zero-order valence-corrected chi connectivity index (χ0v) is 17.4. The molecule has 0 spiro atoms. The van der Waals surface area contributed by atoms with Crippen molar-refractivity contribution >= 4 is 5.97 Å². The molecule has 0 bridgehead atoms. The first-order valence-electron chi connectivity index (χ1n) is 10.5. The molecule has 25 heavy (non-hydrogen) atoms. The summed E-state index contributed by atoms with van der Waals surface area (Å²) in [5.74, 6) is 1.07. The minimum absolute atomic E-state index is 0.0315. The highest BCUT2D eigenvalue weighted by Crippen LogP contribution is 2.11. The van der Waals surface area contributed by atoms with Crippen LogP contribution in [0.4, 0.5) is 0 Å². The first kappa shape index (κ1) is 23.9. The predicted octanol–water partition coefficient (Wildman–Crippen LogP) is 7.24. The fraction of sp³-hybridized carbons (Fsp3) is 0.783. The Morgan fingerprint density at radius 3 is 2.28 bits per heavy atom. The lowest BCUT2D eigenvalue weighted by Gasteiger charge is -2.16. The van der Waals surface area contributed by atoms with E-state index in [1.54, 1.807) is 0 Å². The van der Waals surface area contributed by atoms with Crippen LogP contribution in [-0.2, 0) is 9.53 Å². The van der Waals surface area contributed by atoms with Crippen molar-refractivity contribution in [1.29, 1.82) is 0 Å². The molecular weight excluding hydrogens is 308 g/mol. The van der Waals surface area contributed by atoms with Crippen molar-refractivity contribution in [2.45, 2.75) is 105 Å². The van der Waals surface area contributed by atoms with Crippen molar-refractivity contribution in [3.8, 4) is 0 Å². The number of esters is 1. The number of allylic oxidation sites excluding steroid dienone is 4. The van der Waals surface area contributed by atoms with E-state index in [2.05, 4.69) is 52.0 Å². The molecule has 0 aliphatic carbocycles. The number of rotatable bonds is 15. The van der Waals surface area contributed by atoms with Gasteiger partial charge < -0.3 is 4.74 Å². The van der Waals surface area contributed by atoms with Crippen LogP contribution in [-0.4, -0.2) is 12.1 Å². The topological polar surface area (TPSA) is 26.3 Å². The van der Waals surface area contributed by atoms with Crippen LogP contribution in [0, 0.1) is 11.8 Å². The van der Waals surface area contributed by atoms with Crippen molar-refractivity contribution in [3.05, 3.63) is 24.3 Å². The maximum atomic E-state index is 11.7. The summed E-state index contributed by atoms with van der Waals surface area (Å²) in [7, 11) is 0. The third-order valence-corrected chi connectivity index (χ3v) is 4.66. The molecule has 0 saturated carbocycles.